The van der Waals surface area contributed by atoms with Gasteiger partial charge in [0.2, 0.25) is 0 Å². The van der Waals surface area contributed by atoms with Crippen molar-refractivity contribution in [2.24, 2.45) is 0 Å². The van der Waals surface area contributed by atoms with Gasteiger partial charge in [-0.2, -0.15) is 0 Å². The van der Waals surface area contributed by atoms with Crippen LogP contribution in [0.2, 0.25) is 5.15 Å². The van der Waals surface area contributed by atoms with Gasteiger partial charge < -0.3 is 0 Å². The second-order valence-electron chi connectivity index (χ2n) is 5.47. The zero-order valence-corrected chi connectivity index (χ0v) is 14.2. The molecule has 0 atom stereocenters. The minimum absolute atomic E-state index is 0.0808. The molecule has 0 N–H and O–H groups in total. The van der Waals surface area contributed by atoms with Gasteiger partial charge in [-0.3, -0.25) is 4.98 Å². The molecule has 0 bridgehead atoms. The smallest absolute Gasteiger partial charge is 0.179 e. The van der Waals surface area contributed by atoms with Crippen LogP contribution < -0.4 is 0 Å². The Morgan fingerprint density at radius 3 is 2.37 bits per heavy atom. The number of nitrogens with zero attached hydrogens (tertiary/aromatic N) is 3. The highest BCUT2D eigenvalue weighted by Crippen LogP contribution is 2.30. The fourth-order valence-corrected chi connectivity index (χ4v) is 2.85. The summed E-state index contributed by atoms with van der Waals surface area (Å²) >= 11 is 8.41. The molecule has 0 amide bonds. The summed E-state index contributed by atoms with van der Waals surface area (Å²) in [4.78, 5) is 13.3. The van der Waals surface area contributed by atoms with Crippen LogP contribution in [-0.4, -0.2) is 15.0 Å². The van der Waals surface area contributed by atoms with Gasteiger partial charge in [-0.1, -0.05) is 38.4 Å². The predicted octanol–water partition coefficient (Wildman–Crippen LogP) is 4.40. The number of aryl methyl sites for hydroxylation is 1. The molecule has 0 aliphatic heterocycles. The summed E-state index contributed by atoms with van der Waals surface area (Å²) in [6.07, 6.45) is 1.81. The molecule has 3 nitrogen and oxygen atoms in total. The van der Waals surface area contributed by atoms with Crippen molar-refractivity contribution >= 4 is 34.2 Å². The molecule has 0 aliphatic carbocycles. The molecular weight excluding hydrogens is 373 g/mol. The van der Waals surface area contributed by atoms with Gasteiger partial charge in [0.15, 0.2) is 5.82 Å². The highest BCUT2D eigenvalue weighted by Gasteiger charge is 2.23. The summed E-state index contributed by atoms with van der Waals surface area (Å²) in [6, 6.07) is 3.91. The molecule has 2 aromatic heterocycles. The van der Waals surface area contributed by atoms with Crippen LogP contribution in [0.1, 0.15) is 32.0 Å². The topological polar surface area (TPSA) is 38.7 Å². The number of aromatic nitrogens is 3. The first-order valence-electron chi connectivity index (χ1n) is 5.95. The highest BCUT2D eigenvalue weighted by molar-refractivity contribution is 14.1. The van der Waals surface area contributed by atoms with Gasteiger partial charge in [-0.05, 0) is 41.1 Å². The molecule has 0 fully saturated rings. The SMILES string of the molecule is Cc1ccc(-c2nc(Cl)c(I)c(C(C)(C)C)n2)nc1. The summed E-state index contributed by atoms with van der Waals surface area (Å²) in [5.41, 5.74) is 2.72. The zero-order chi connectivity index (χ0) is 14.2. The monoisotopic (exact) mass is 387 g/mol. The highest BCUT2D eigenvalue weighted by atomic mass is 127. The Morgan fingerprint density at radius 1 is 1.16 bits per heavy atom. The number of hydrogen-bond acceptors (Lipinski definition) is 3. The fourth-order valence-electron chi connectivity index (χ4n) is 1.63. The number of pyridine rings is 1. The molecule has 100 valence electrons. The predicted molar refractivity (Wildman–Crippen MR) is 86.4 cm³/mol. The van der Waals surface area contributed by atoms with E-state index in [-0.39, 0.29) is 5.41 Å². The number of hydrogen-bond donors (Lipinski definition) is 0. The molecule has 19 heavy (non-hydrogen) atoms. The molecule has 2 rings (SSSR count). The third kappa shape index (κ3) is 3.23. The van der Waals surface area contributed by atoms with Crippen molar-refractivity contribution < 1.29 is 0 Å². The average Bonchev–Trinajstić information content (AvgIpc) is 2.32. The van der Waals surface area contributed by atoms with Crippen LogP contribution in [-0.2, 0) is 5.41 Å². The maximum atomic E-state index is 6.22. The van der Waals surface area contributed by atoms with E-state index in [0.717, 1.165) is 20.5 Å². The van der Waals surface area contributed by atoms with E-state index < -0.39 is 0 Å². The quantitative estimate of drug-likeness (QED) is 0.538. The Hall–Kier alpha value is -0.750. The van der Waals surface area contributed by atoms with Gasteiger partial charge in [0.1, 0.15) is 10.8 Å². The Bertz CT molecular complexity index is 603. The maximum Gasteiger partial charge on any atom is 0.179 e. The van der Waals surface area contributed by atoms with Gasteiger partial charge in [-0.25, -0.2) is 9.97 Å². The van der Waals surface area contributed by atoms with E-state index in [1.165, 1.54) is 0 Å². The zero-order valence-electron chi connectivity index (χ0n) is 11.3. The van der Waals surface area contributed by atoms with E-state index in [1.54, 1.807) is 6.20 Å². The molecule has 0 unspecified atom stereocenters. The molecule has 0 aliphatic rings. The van der Waals surface area contributed by atoms with Crippen molar-refractivity contribution in [1.82, 2.24) is 15.0 Å². The van der Waals surface area contributed by atoms with Gasteiger partial charge in [0, 0.05) is 11.6 Å². The molecule has 0 aromatic carbocycles. The minimum atomic E-state index is -0.0808. The molecular formula is C14H15ClIN3. The first-order chi connectivity index (χ1) is 8.79. The lowest BCUT2D eigenvalue weighted by Crippen LogP contribution is -2.17. The summed E-state index contributed by atoms with van der Waals surface area (Å²) in [5, 5.41) is 0.484. The minimum Gasteiger partial charge on any atom is -0.253 e. The van der Waals surface area contributed by atoms with Crippen molar-refractivity contribution in [1.29, 1.82) is 0 Å². The van der Waals surface area contributed by atoms with Crippen LogP contribution in [0, 0.1) is 10.5 Å². The average molecular weight is 388 g/mol. The van der Waals surface area contributed by atoms with E-state index in [2.05, 4.69) is 58.3 Å². The van der Waals surface area contributed by atoms with Crippen molar-refractivity contribution in [2.45, 2.75) is 33.1 Å². The first kappa shape index (κ1) is 14.7. The van der Waals surface area contributed by atoms with Crippen LogP contribution in [0.25, 0.3) is 11.5 Å². The van der Waals surface area contributed by atoms with E-state index in [0.29, 0.717) is 11.0 Å². The van der Waals surface area contributed by atoms with Gasteiger partial charge in [-0.15, -0.1) is 0 Å². The van der Waals surface area contributed by atoms with Crippen molar-refractivity contribution in [3.63, 3.8) is 0 Å². The molecule has 0 spiro atoms. The van der Waals surface area contributed by atoms with E-state index in [1.807, 2.05) is 19.1 Å². The Morgan fingerprint density at radius 2 is 1.84 bits per heavy atom. The molecule has 0 radical (unpaired) electrons. The number of halogens is 2. The van der Waals surface area contributed by atoms with Crippen molar-refractivity contribution in [3.05, 3.63) is 38.3 Å². The maximum absolute atomic E-state index is 6.22. The van der Waals surface area contributed by atoms with Gasteiger partial charge >= 0.3 is 0 Å². The molecule has 2 heterocycles. The van der Waals surface area contributed by atoms with E-state index >= 15 is 0 Å². The normalized spacial score (nSPS) is 11.7. The lowest BCUT2D eigenvalue weighted by atomic mass is 9.92. The Labute approximate surface area is 132 Å². The standard InChI is InChI=1S/C14H15ClIN3/c1-8-5-6-9(17-7-8)13-18-11(14(2,3)4)10(16)12(15)19-13/h5-7H,1-4H3. The van der Waals surface area contributed by atoms with E-state index in [9.17, 15) is 0 Å². The second-order valence-corrected chi connectivity index (χ2v) is 6.91. The van der Waals surface area contributed by atoms with E-state index in [4.69, 9.17) is 11.6 Å². The molecule has 5 heteroatoms. The van der Waals surface area contributed by atoms with Gasteiger partial charge in [0.25, 0.3) is 0 Å². The van der Waals surface area contributed by atoms with Crippen molar-refractivity contribution in [2.75, 3.05) is 0 Å². The third-order valence-electron chi connectivity index (χ3n) is 2.66. The third-order valence-corrected chi connectivity index (χ3v) is 4.28. The molecule has 2 aromatic rings. The van der Waals surface area contributed by atoms with Crippen LogP contribution in [0.4, 0.5) is 0 Å². The largest absolute Gasteiger partial charge is 0.253 e. The summed E-state index contributed by atoms with van der Waals surface area (Å²) in [6.45, 7) is 8.33. The Balaban J connectivity index is 2.60. The van der Waals surface area contributed by atoms with Crippen LogP contribution in [0.5, 0.6) is 0 Å². The Kier molecular flexibility index (Phi) is 4.11. The fraction of sp³-hybridized carbons (Fsp3) is 0.357. The van der Waals surface area contributed by atoms with Crippen LogP contribution in [0.3, 0.4) is 0 Å². The van der Waals surface area contributed by atoms with Crippen molar-refractivity contribution in [3.8, 4) is 11.5 Å². The summed E-state index contributed by atoms with van der Waals surface area (Å²) in [5.74, 6) is 0.579. The van der Waals surface area contributed by atoms with Crippen LogP contribution in [0.15, 0.2) is 18.3 Å². The van der Waals surface area contributed by atoms with Gasteiger partial charge in [0.05, 0.1) is 9.26 Å². The molecule has 0 saturated heterocycles. The first-order valence-corrected chi connectivity index (χ1v) is 7.41. The second kappa shape index (κ2) is 5.32. The van der Waals surface area contributed by atoms with Crippen LogP contribution >= 0.6 is 34.2 Å². The molecule has 0 saturated carbocycles. The lowest BCUT2D eigenvalue weighted by molar-refractivity contribution is 0.563. The number of rotatable bonds is 1. The summed E-state index contributed by atoms with van der Waals surface area (Å²) < 4.78 is 0.905. The lowest BCUT2D eigenvalue weighted by Gasteiger charge is -2.20. The summed E-state index contributed by atoms with van der Waals surface area (Å²) in [7, 11) is 0.